The van der Waals surface area contributed by atoms with Crippen molar-refractivity contribution in [1.29, 1.82) is 0 Å². The van der Waals surface area contributed by atoms with Gasteiger partial charge in [-0.25, -0.2) is 19.6 Å². The summed E-state index contributed by atoms with van der Waals surface area (Å²) < 4.78 is 1.63. The third-order valence-corrected chi connectivity index (χ3v) is 2.09. The van der Waals surface area contributed by atoms with E-state index in [0.29, 0.717) is 0 Å². The van der Waals surface area contributed by atoms with E-state index in [2.05, 4.69) is 25.4 Å². The van der Waals surface area contributed by atoms with Gasteiger partial charge in [0.1, 0.15) is 24.3 Å². The highest BCUT2D eigenvalue weighted by atomic mass is 15.3. The van der Waals surface area contributed by atoms with Crippen LogP contribution in [0.1, 0.15) is 19.7 Å². The Morgan fingerprint density at radius 3 is 2.81 bits per heavy atom. The molecule has 0 aliphatic heterocycles. The number of anilines is 1. The molecule has 0 aliphatic rings. The molecule has 2 rings (SSSR count). The lowest BCUT2D eigenvalue weighted by Crippen LogP contribution is -2.07. The average Bonchev–Trinajstić information content (AvgIpc) is 2.82. The van der Waals surface area contributed by atoms with Crippen molar-refractivity contribution in [2.75, 3.05) is 11.9 Å². The maximum atomic E-state index is 4.39. The van der Waals surface area contributed by atoms with Gasteiger partial charge in [0.15, 0.2) is 5.82 Å². The van der Waals surface area contributed by atoms with Crippen LogP contribution in [0.25, 0.3) is 5.82 Å². The fraction of sp³-hybridized carbons (Fsp3) is 0.400. The molecule has 2 heterocycles. The van der Waals surface area contributed by atoms with Crippen molar-refractivity contribution in [3.05, 3.63) is 24.5 Å². The standard InChI is InChI=1S/C10H14N6/c1-3-8-14-9(12-4-2)5-10(15-8)16-7-11-6-13-16/h5-7H,3-4H2,1-2H3,(H,12,14,15). The minimum absolute atomic E-state index is 0.736. The van der Waals surface area contributed by atoms with Crippen LogP contribution >= 0.6 is 0 Å². The highest BCUT2D eigenvalue weighted by Crippen LogP contribution is 2.10. The van der Waals surface area contributed by atoms with Crippen LogP contribution in [0.15, 0.2) is 18.7 Å². The molecule has 0 atom stereocenters. The first-order chi connectivity index (χ1) is 7.83. The molecule has 0 fully saturated rings. The second-order valence-corrected chi connectivity index (χ2v) is 3.25. The van der Waals surface area contributed by atoms with Crippen LogP contribution in [-0.4, -0.2) is 31.3 Å². The second-order valence-electron chi connectivity index (χ2n) is 3.25. The Morgan fingerprint density at radius 2 is 2.19 bits per heavy atom. The van der Waals surface area contributed by atoms with Crippen molar-refractivity contribution in [3.8, 4) is 5.82 Å². The smallest absolute Gasteiger partial charge is 0.160 e. The zero-order valence-corrected chi connectivity index (χ0v) is 9.38. The van der Waals surface area contributed by atoms with Gasteiger partial charge < -0.3 is 5.32 Å². The molecule has 1 N–H and O–H groups in total. The Morgan fingerprint density at radius 1 is 1.31 bits per heavy atom. The summed E-state index contributed by atoms with van der Waals surface area (Å²) in [4.78, 5) is 12.7. The minimum atomic E-state index is 0.736. The van der Waals surface area contributed by atoms with E-state index in [1.165, 1.54) is 6.33 Å². The van der Waals surface area contributed by atoms with Gasteiger partial charge in [0.05, 0.1) is 0 Å². The summed E-state index contributed by atoms with van der Waals surface area (Å²) in [6, 6.07) is 1.86. The molecule has 84 valence electrons. The van der Waals surface area contributed by atoms with Crippen molar-refractivity contribution in [2.24, 2.45) is 0 Å². The molecular weight excluding hydrogens is 204 g/mol. The summed E-state index contributed by atoms with van der Waals surface area (Å²) >= 11 is 0. The summed E-state index contributed by atoms with van der Waals surface area (Å²) in [6.45, 7) is 4.88. The molecule has 2 aromatic heterocycles. The SMILES string of the molecule is CCNc1cc(-n2cncn2)nc(CC)n1. The fourth-order valence-electron chi connectivity index (χ4n) is 1.36. The third kappa shape index (κ3) is 2.16. The molecule has 0 spiro atoms. The van der Waals surface area contributed by atoms with E-state index in [-0.39, 0.29) is 0 Å². The minimum Gasteiger partial charge on any atom is -0.370 e. The summed E-state index contributed by atoms with van der Waals surface area (Å²) in [5.74, 6) is 2.35. The molecule has 0 saturated carbocycles. The Balaban J connectivity index is 2.41. The lowest BCUT2D eigenvalue weighted by molar-refractivity contribution is 0.812. The van der Waals surface area contributed by atoms with Crippen LogP contribution in [0.2, 0.25) is 0 Å². The Kier molecular flexibility index (Phi) is 3.09. The van der Waals surface area contributed by atoms with Gasteiger partial charge in [-0.3, -0.25) is 0 Å². The van der Waals surface area contributed by atoms with Gasteiger partial charge >= 0.3 is 0 Å². The second kappa shape index (κ2) is 4.69. The molecule has 0 bridgehead atoms. The monoisotopic (exact) mass is 218 g/mol. The first kappa shape index (κ1) is 10.5. The maximum absolute atomic E-state index is 4.39. The number of nitrogens with zero attached hydrogens (tertiary/aromatic N) is 5. The number of hydrogen-bond acceptors (Lipinski definition) is 5. The van der Waals surface area contributed by atoms with Crippen LogP contribution in [0.4, 0.5) is 5.82 Å². The lowest BCUT2D eigenvalue weighted by atomic mass is 10.4. The van der Waals surface area contributed by atoms with Crippen LogP contribution in [0, 0.1) is 0 Å². The first-order valence-corrected chi connectivity index (χ1v) is 5.30. The van der Waals surface area contributed by atoms with E-state index in [0.717, 1.165) is 30.4 Å². The molecule has 6 heteroatoms. The van der Waals surface area contributed by atoms with Crippen molar-refractivity contribution in [2.45, 2.75) is 20.3 Å². The molecule has 0 saturated heterocycles. The molecule has 0 aromatic carbocycles. The van der Waals surface area contributed by atoms with Gasteiger partial charge in [-0.2, -0.15) is 5.10 Å². The quantitative estimate of drug-likeness (QED) is 0.830. The normalized spacial score (nSPS) is 10.4. The molecular formula is C10H14N6. The molecule has 2 aromatic rings. The van der Waals surface area contributed by atoms with Crippen LogP contribution < -0.4 is 5.32 Å². The van der Waals surface area contributed by atoms with Crippen molar-refractivity contribution >= 4 is 5.82 Å². The van der Waals surface area contributed by atoms with Crippen LogP contribution in [0.3, 0.4) is 0 Å². The molecule has 0 unspecified atom stereocenters. The van der Waals surface area contributed by atoms with Gasteiger partial charge in [0, 0.05) is 19.0 Å². The molecule has 0 aliphatic carbocycles. The first-order valence-electron chi connectivity index (χ1n) is 5.30. The van der Waals surface area contributed by atoms with E-state index in [4.69, 9.17) is 0 Å². The lowest BCUT2D eigenvalue weighted by Gasteiger charge is -2.07. The summed E-state index contributed by atoms with van der Waals surface area (Å²) in [7, 11) is 0. The number of nitrogens with one attached hydrogen (secondary N) is 1. The summed E-state index contributed by atoms with van der Waals surface area (Å²) in [5, 5.41) is 7.22. The number of rotatable bonds is 4. The van der Waals surface area contributed by atoms with E-state index in [9.17, 15) is 0 Å². The molecule has 16 heavy (non-hydrogen) atoms. The predicted molar refractivity (Wildman–Crippen MR) is 60.5 cm³/mol. The predicted octanol–water partition coefficient (Wildman–Crippen LogP) is 1.05. The Hall–Kier alpha value is -1.98. The zero-order chi connectivity index (χ0) is 11.4. The fourth-order valence-corrected chi connectivity index (χ4v) is 1.36. The highest BCUT2D eigenvalue weighted by molar-refractivity contribution is 5.41. The largest absolute Gasteiger partial charge is 0.370 e. The average molecular weight is 218 g/mol. The van der Waals surface area contributed by atoms with Crippen molar-refractivity contribution in [3.63, 3.8) is 0 Å². The van der Waals surface area contributed by atoms with E-state index < -0.39 is 0 Å². The van der Waals surface area contributed by atoms with E-state index >= 15 is 0 Å². The highest BCUT2D eigenvalue weighted by Gasteiger charge is 2.04. The van der Waals surface area contributed by atoms with Gasteiger partial charge in [-0.05, 0) is 6.92 Å². The number of hydrogen-bond donors (Lipinski definition) is 1. The van der Waals surface area contributed by atoms with Gasteiger partial charge in [0.25, 0.3) is 0 Å². The topological polar surface area (TPSA) is 68.5 Å². The van der Waals surface area contributed by atoms with E-state index in [1.807, 2.05) is 19.9 Å². The van der Waals surface area contributed by atoms with Gasteiger partial charge in [-0.1, -0.05) is 6.92 Å². The zero-order valence-electron chi connectivity index (χ0n) is 9.38. The molecule has 0 radical (unpaired) electrons. The Bertz CT molecular complexity index is 450. The van der Waals surface area contributed by atoms with Crippen LogP contribution in [-0.2, 0) is 6.42 Å². The van der Waals surface area contributed by atoms with E-state index in [1.54, 1.807) is 11.0 Å². The van der Waals surface area contributed by atoms with Gasteiger partial charge in [-0.15, -0.1) is 0 Å². The maximum Gasteiger partial charge on any atom is 0.160 e. The van der Waals surface area contributed by atoms with Crippen LogP contribution in [0.5, 0.6) is 0 Å². The Labute approximate surface area is 93.8 Å². The number of aryl methyl sites for hydroxylation is 1. The number of aromatic nitrogens is 5. The molecule has 0 amide bonds. The van der Waals surface area contributed by atoms with Gasteiger partial charge in [0.2, 0.25) is 0 Å². The summed E-state index contributed by atoms with van der Waals surface area (Å²) in [6.07, 6.45) is 3.90. The third-order valence-electron chi connectivity index (χ3n) is 2.09. The summed E-state index contributed by atoms with van der Waals surface area (Å²) in [5.41, 5.74) is 0. The van der Waals surface area contributed by atoms with Crippen molar-refractivity contribution in [1.82, 2.24) is 24.7 Å². The molecule has 6 nitrogen and oxygen atoms in total. The van der Waals surface area contributed by atoms with Crippen molar-refractivity contribution < 1.29 is 0 Å².